The van der Waals surface area contributed by atoms with Crippen LogP contribution in [0.4, 0.5) is 0 Å². The first-order valence-corrected chi connectivity index (χ1v) is 4.95. The topological polar surface area (TPSA) is 64.9 Å². The molecule has 0 spiro atoms. The molecule has 0 aromatic carbocycles. The van der Waals surface area contributed by atoms with Crippen LogP contribution in [0.25, 0.3) is 0 Å². The summed E-state index contributed by atoms with van der Waals surface area (Å²) >= 11 is 11.1. The van der Waals surface area contributed by atoms with E-state index >= 15 is 0 Å². The molecule has 2 N–H and O–H groups in total. The summed E-state index contributed by atoms with van der Waals surface area (Å²) in [6, 6.07) is 3.48. The quantitative estimate of drug-likeness (QED) is 0.509. The summed E-state index contributed by atoms with van der Waals surface area (Å²) in [4.78, 5) is 12.4. The molecule has 0 atom stereocenters. The van der Waals surface area contributed by atoms with Gasteiger partial charge in [0.15, 0.2) is 5.84 Å². The lowest BCUT2D eigenvalue weighted by Crippen LogP contribution is -2.21. The van der Waals surface area contributed by atoms with Gasteiger partial charge in [0, 0.05) is 6.20 Å². The van der Waals surface area contributed by atoms with E-state index in [1.54, 1.807) is 18.3 Å². The van der Waals surface area contributed by atoms with Gasteiger partial charge in [-0.15, -0.1) is 0 Å². The highest BCUT2D eigenvalue weighted by atomic mass is 35.5. The highest BCUT2D eigenvalue weighted by Crippen LogP contribution is 2.04. The molecule has 0 unspecified atom stereocenters. The monoisotopic (exact) mass is 260 g/mol. The van der Waals surface area contributed by atoms with E-state index in [0.29, 0.717) is 5.69 Å². The van der Waals surface area contributed by atoms with Crippen LogP contribution in [0, 0.1) is 0 Å². The van der Waals surface area contributed by atoms with E-state index in [1.807, 2.05) is 0 Å². The molecule has 0 aliphatic rings. The Morgan fingerprint density at radius 3 is 2.75 bits per heavy atom. The van der Waals surface area contributed by atoms with Crippen LogP contribution in [0.15, 0.2) is 40.0 Å². The van der Waals surface area contributed by atoms with Gasteiger partial charge in [0.05, 0.1) is 0 Å². The molecule has 0 radical (unpaired) electrons. The van der Waals surface area contributed by atoms with Crippen molar-refractivity contribution in [1.82, 2.24) is 4.73 Å². The summed E-state index contributed by atoms with van der Waals surface area (Å²) in [5.41, 5.74) is 6.27. The molecule has 5 nitrogen and oxygen atoms in total. The van der Waals surface area contributed by atoms with Gasteiger partial charge in [0.25, 0.3) is 0 Å². The normalized spacial score (nSPS) is 12.7. The fraction of sp³-hybridized carbons (Fsp3) is 0.111. The molecule has 0 saturated carbocycles. The van der Waals surface area contributed by atoms with Gasteiger partial charge >= 0.3 is 0 Å². The third kappa shape index (κ3) is 3.29. The summed E-state index contributed by atoms with van der Waals surface area (Å²) in [7, 11) is 1.51. The second-order valence-corrected chi connectivity index (χ2v) is 3.43. The molecule has 0 aliphatic heterocycles. The molecule has 1 aromatic rings. The highest BCUT2D eigenvalue weighted by molar-refractivity contribution is 6.66. The lowest BCUT2D eigenvalue weighted by Gasteiger charge is -2.05. The van der Waals surface area contributed by atoms with Crippen molar-refractivity contribution in [3.63, 3.8) is 0 Å². The van der Waals surface area contributed by atoms with Crippen LogP contribution >= 0.6 is 23.2 Å². The van der Waals surface area contributed by atoms with Gasteiger partial charge in [-0.1, -0.05) is 18.2 Å². The van der Waals surface area contributed by atoms with E-state index in [2.05, 4.69) is 16.6 Å². The molecule has 0 aliphatic carbocycles. The third-order valence-electron chi connectivity index (χ3n) is 1.60. The molecule has 16 heavy (non-hydrogen) atoms. The van der Waals surface area contributed by atoms with Crippen LogP contribution in [0.5, 0.6) is 0 Å². The van der Waals surface area contributed by atoms with Crippen molar-refractivity contribution in [3.8, 4) is 0 Å². The summed E-state index contributed by atoms with van der Waals surface area (Å²) in [5.74, 6) is 0.165. The Hall–Kier alpha value is -1.46. The van der Waals surface area contributed by atoms with Crippen LogP contribution in [0.2, 0.25) is 0 Å². The Kier molecular flexibility index (Phi) is 4.39. The molecular weight excluding hydrogens is 251 g/mol. The first kappa shape index (κ1) is 12.6. The van der Waals surface area contributed by atoms with E-state index in [0.717, 1.165) is 0 Å². The zero-order valence-corrected chi connectivity index (χ0v) is 10.0. The van der Waals surface area contributed by atoms with E-state index in [4.69, 9.17) is 33.8 Å². The number of rotatable bonds is 3. The largest absolute Gasteiger partial charge is 0.417 e. The molecule has 7 heteroatoms. The minimum absolute atomic E-state index is 0.0312. The second-order valence-electron chi connectivity index (χ2n) is 2.66. The minimum atomic E-state index is -0.0960. The van der Waals surface area contributed by atoms with Crippen molar-refractivity contribution >= 4 is 34.3 Å². The number of nitrogens with zero attached hydrogens (tertiary/aromatic N) is 3. The number of hydrogen-bond acceptors (Lipinski definition) is 2. The van der Waals surface area contributed by atoms with Crippen molar-refractivity contribution in [3.05, 3.63) is 35.8 Å². The highest BCUT2D eigenvalue weighted by Gasteiger charge is 2.06. The predicted molar refractivity (Wildman–Crippen MR) is 65.9 cm³/mol. The molecule has 0 fully saturated rings. The number of amidine groups is 2. The summed E-state index contributed by atoms with van der Waals surface area (Å²) < 4.78 is 1.44. The van der Waals surface area contributed by atoms with Gasteiger partial charge in [0.2, 0.25) is 5.29 Å². The first-order valence-electron chi connectivity index (χ1n) is 4.19. The van der Waals surface area contributed by atoms with Crippen LogP contribution in [-0.2, 0) is 0 Å². The van der Waals surface area contributed by atoms with Crippen molar-refractivity contribution in [2.75, 3.05) is 7.11 Å². The molecule has 0 saturated heterocycles. The molecule has 1 aromatic heterocycles. The van der Waals surface area contributed by atoms with Gasteiger partial charge in [-0.3, -0.25) is 0 Å². The standard InChI is InChI=1S/C9H10Cl2N4O/c1-6(10)13-9(11)14-8(12)7-4-3-5-15(7)16-2/h3-5H,1H2,2H3,(H2,12,13,14). The number of aromatic nitrogens is 1. The maximum atomic E-state index is 5.70. The Morgan fingerprint density at radius 1 is 1.50 bits per heavy atom. The molecule has 1 rings (SSSR count). The molecule has 1 heterocycles. The number of aliphatic imine (C=N–C) groups is 2. The molecule has 0 amide bonds. The maximum absolute atomic E-state index is 5.70. The second kappa shape index (κ2) is 5.58. The molecular formula is C9H10Cl2N4O. The maximum Gasteiger partial charge on any atom is 0.225 e. The van der Waals surface area contributed by atoms with Gasteiger partial charge in [-0.2, -0.15) is 9.72 Å². The first-order chi connectivity index (χ1) is 7.54. The Morgan fingerprint density at radius 2 is 2.19 bits per heavy atom. The van der Waals surface area contributed by atoms with Gasteiger partial charge in [0.1, 0.15) is 18.0 Å². The number of halogens is 2. The van der Waals surface area contributed by atoms with Gasteiger partial charge in [-0.25, -0.2) is 4.99 Å². The zero-order chi connectivity index (χ0) is 12.1. The smallest absolute Gasteiger partial charge is 0.225 e. The van der Waals surface area contributed by atoms with Crippen molar-refractivity contribution in [2.45, 2.75) is 0 Å². The summed E-state index contributed by atoms with van der Waals surface area (Å²) in [6.07, 6.45) is 1.68. The van der Waals surface area contributed by atoms with Crippen molar-refractivity contribution in [2.24, 2.45) is 15.7 Å². The molecule has 0 bridgehead atoms. The zero-order valence-electron chi connectivity index (χ0n) is 8.52. The fourth-order valence-electron chi connectivity index (χ4n) is 1.01. The van der Waals surface area contributed by atoms with Crippen LogP contribution < -0.4 is 10.6 Å². The lowest BCUT2D eigenvalue weighted by atomic mass is 10.4. The fourth-order valence-corrected chi connectivity index (χ4v) is 1.32. The minimum Gasteiger partial charge on any atom is -0.417 e. The average molecular weight is 261 g/mol. The lowest BCUT2D eigenvalue weighted by molar-refractivity contribution is 0.166. The van der Waals surface area contributed by atoms with Crippen molar-refractivity contribution in [1.29, 1.82) is 0 Å². The summed E-state index contributed by atoms with van der Waals surface area (Å²) in [6.45, 7) is 3.35. The molecule has 86 valence electrons. The van der Waals surface area contributed by atoms with Gasteiger partial charge < -0.3 is 10.6 Å². The Labute approximate surface area is 103 Å². The van der Waals surface area contributed by atoms with E-state index in [-0.39, 0.29) is 16.3 Å². The Balaban J connectivity index is 2.97. The van der Waals surface area contributed by atoms with Crippen LogP contribution in [-0.4, -0.2) is 23.0 Å². The van der Waals surface area contributed by atoms with Crippen LogP contribution in [0.3, 0.4) is 0 Å². The Bertz CT molecular complexity index is 450. The SMILES string of the molecule is C=C(Cl)N=C(Cl)N=C(N)c1cccn1OC. The van der Waals surface area contributed by atoms with Gasteiger partial charge in [-0.05, 0) is 23.7 Å². The summed E-state index contributed by atoms with van der Waals surface area (Å²) in [5, 5.41) is -0.0648. The average Bonchev–Trinajstić information content (AvgIpc) is 2.63. The van der Waals surface area contributed by atoms with E-state index in [1.165, 1.54) is 11.8 Å². The third-order valence-corrected chi connectivity index (χ3v) is 1.85. The number of hydrogen-bond donors (Lipinski definition) is 1. The van der Waals surface area contributed by atoms with E-state index < -0.39 is 0 Å². The van der Waals surface area contributed by atoms with Crippen LogP contribution in [0.1, 0.15) is 5.69 Å². The predicted octanol–water partition coefficient (Wildman–Crippen LogP) is 1.56. The van der Waals surface area contributed by atoms with E-state index in [9.17, 15) is 0 Å². The number of nitrogens with two attached hydrogens (primary N) is 1. The van der Waals surface area contributed by atoms with Crippen molar-refractivity contribution < 1.29 is 4.84 Å².